The lowest BCUT2D eigenvalue weighted by atomic mass is 9.83. The first-order valence-corrected chi connectivity index (χ1v) is 14.8. The van der Waals surface area contributed by atoms with Gasteiger partial charge in [0, 0.05) is 17.6 Å². The van der Waals surface area contributed by atoms with Gasteiger partial charge in [0.2, 0.25) is 0 Å². The van der Waals surface area contributed by atoms with E-state index >= 15 is 0 Å². The molecule has 196 valence electrons. The summed E-state index contributed by atoms with van der Waals surface area (Å²) in [5.41, 5.74) is 2.43. The molecule has 1 aliphatic carbocycles. The molecule has 0 spiro atoms. The maximum absolute atomic E-state index is 14.6. The number of thiophene rings is 1. The molecule has 3 heterocycles. The molecule has 2 aliphatic rings. The molecule has 0 unspecified atom stereocenters. The lowest BCUT2D eigenvalue weighted by Gasteiger charge is -2.47. The maximum Gasteiger partial charge on any atom is 0.271 e. The van der Waals surface area contributed by atoms with Crippen LogP contribution in [0.15, 0.2) is 72.1 Å². The summed E-state index contributed by atoms with van der Waals surface area (Å²) in [5, 5.41) is 6.16. The smallest absolute Gasteiger partial charge is 0.271 e. The van der Waals surface area contributed by atoms with Gasteiger partial charge in [-0.25, -0.2) is 0 Å². The summed E-state index contributed by atoms with van der Waals surface area (Å²) < 4.78 is 3.13. The van der Waals surface area contributed by atoms with Crippen LogP contribution in [0.5, 0.6) is 0 Å². The minimum absolute atomic E-state index is 0.0808. The van der Waals surface area contributed by atoms with Gasteiger partial charge in [0.15, 0.2) is 5.54 Å². The summed E-state index contributed by atoms with van der Waals surface area (Å²) in [6.07, 6.45) is 7.27. The second kappa shape index (κ2) is 10.6. The van der Waals surface area contributed by atoms with Crippen LogP contribution < -0.4 is 5.32 Å². The zero-order valence-electron chi connectivity index (χ0n) is 21.4. The Labute approximate surface area is 232 Å². The van der Waals surface area contributed by atoms with Crippen LogP contribution in [0.1, 0.15) is 60.1 Å². The second-order valence-corrected chi connectivity index (χ2v) is 11.9. The number of nitrogens with one attached hydrogen (secondary N) is 1. The van der Waals surface area contributed by atoms with Gasteiger partial charge in [0.05, 0.1) is 16.8 Å². The molecule has 1 fully saturated rings. The Morgan fingerprint density at radius 2 is 1.74 bits per heavy atom. The zero-order valence-corrected chi connectivity index (χ0v) is 22.9. The topological polar surface area (TPSA) is 54.3 Å². The minimum Gasteiger partial charge on any atom is -0.351 e. The fourth-order valence-corrected chi connectivity index (χ4v) is 7.10. The van der Waals surface area contributed by atoms with E-state index in [4.69, 9.17) is 11.6 Å². The first-order chi connectivity index (χ1) is 18.6. The van der Waals surface area contributed by atoms with Crippen LogP contribution in [0.3, 0.4) is 0 Å². The highest BCUT2D eigenvalue weighted by molar-refractivity contribution is 7.17. The number of benzene rings is 2. The number of halogens is 1. The third-order valence-corrected chi connectivity index (χ3v) is 9.29. The highest BCUT2D eigenvalue weighted by Crippen LogP contribution is 2.40. The Balaban J connectivity index is 1.46. The molecule has 7 heteroatoms. The van der Waals surface area contributed by atoms with Crippen LogP contribution in [0, 0.1) is 0 Å². The number of fused-ring (bicyclic) bond motifs is 3. The Hall–Kier alpha value is -3.09. The van der Waals surface area contributed by atoms with Crippen molar-refractivity contribution in [2.24, 2.45) is 0 Å². The Kier molecular flexibility index (Phi) is 7.02. The van der Waals surface area contributed by atoms with Crippen LogP contribution >= 0.6 is 22.9 Å². The summed E-state index contributed by atoms with van der Waals surface area (Å²) in [4.78, 5) is 30.7. The molecular formula is C31H32ClN3O2S. The molecular weight excluding hydrogens is 514 g/mol. The molecule has 6 rings (SSSR count). The van der Waals surface area contributed by atoms with Crippen LogP contribution in [0.25, 0.3) is 10.2 Å². The third-order valence-electron chi connectivity index (χ3n) is 8.19. The lowest BCUT2D eigenvalue weighted by Crippen LogP contribution is -2.64. The number of carbonyl (C=O) groups is 2. The van der Waals surface area contributed by atoms with Crippen molar-refractivity contribution >= 4 is 45.0 Å². The van der Waals surface area contributed by atoms with Crippen molar-refractivity contribution in [3.05, 3.63) is 94.0 Å². The molecule has 1 N–H and O–H groups in total. The number of amides is 2. The number of aromatic nitrogens is 1. The molecule has 0 saturated heterocycles. The van der Waals surface area contributed by atoms with E-state index in [2.05, 4.69) is 16.0 Å². The van der Waals surface area contributed by atoms with E-state index in [1.54, 1.807) is 11.3 Å². The van der Waals surface area contributed by atoms with E-state index in [0.717, 1.165) is 47.0 Å². The van der Waals surface area contributed by atoms with Crippen molar-refractivity contribution in [3.63, 3.8) is 0 Å². The fraction of sp³-hybridized carbons (Fsp3) is 0.355. The number of hydrogen-bond donors (Lipinski definition) is 1. The zero-order chi connectivity index (χ0) is 26.1. The molecule has 0 radical (unpaired) electrons. The molecule has 38 heavy (non-hydrogen) atoms. The molecule has 2 aromatic heterocycles. The van der Waals surface area contributed by atoms with Gasteiger partial charge in [-0.05, 0) is 60.0 Å². The first kappa shape index (κ1) is 25.2. The number of nitrogens with zero attached hydrogens (tertiary/aromatic N) is 2. The van der Waals surface area contributed by atoms with E-state index in [1.165, 1.54) is 12.8 Å². The van der Waals surface area contributed by atoms with Gasteiger partial charge in [0.25, 0.3) is 11.8 Å². The summed E-state index contributed by atoms with van der Waals surface area (Å²) in [5.74, 6) is -0.184. The van der Waals surface area contributed by atoms with Crippen molar-refractivity contribution in [1.29, 1.82) is 0 Å². The molecule has 4 aromatic rings. The average molecular weight is 546 g/mol. The minimum atomic E-state index is -1.15. The van der Waals surface area contributed by atoms with Crippen molar-refractivity contribution in [2.45, 2.75) is 63.1 Å². The van der Waals surface area contributed by atoms with Gasteiger partial charge in [-0.3, -0.25) is 9.59 Å². The lowest BCUT2D eigenvalue weighted by molar-refractivity contribution is -0.135. The monoisotopic (exact) mass is 545 g/mol. The van der Waals surface area contributed by atoms with Crippen LogP contribution in [-0.4, -0.2) is 33.9 Å². The summed E-state index contributed by atoms with van der Waals surface area (Å²) in [6, 6.07) is 21.8. The molecule has 2 aromatic carbocycles. The maximum atomic E-state index is 14.6. The van der Waals surface area contributed by atoms with Crippen LogP contribution in [-0.2, 0) is 23.3 Å². The van der Waals surface area contributed by atoms with Gasteiger partial charge in [-0.2, -0.15) is 0 Å². The van der Waals surface area contributed by atoms with Crippen LogP contribution in [0.4, 0.5) is 0 Å². The van der Waals surface area contributed by atoms with Crippen molar-refractivity contribution < 1.29 is 9.59 Å². The van der Waals surface area contributed by atoms with E-state index in [1.807, 2.05) is 70.9 Å². The summed E-state index contributed by atoms with van der Waals surface area (Å²) in [7, 11) is 0. The SMILES string of the molecule is O=C1c2cc3sccc3n2C[C@](C(=O)NC2CCCCCC2)(c2ccccc2)N1CCc1ccc(Cl)cc1. The highest BCUT2D eigenvalue weighted by atomic mass is 35.5. The summed E-state index contributed by atoms with van der Waals surface area (Å²) in [6.45, 7) is 0.809. The molecule has 1 saturated carbocycles. The third kappa shape index (κ3) is 4.54. The Bertz CT molecular complexity index is 1440. The molecule has 5 nitrogen and oxygen atoms in total. The van der Waals surface area contributed by atoms with E-state index in [0.29, 0.717) is 30.2 Å². The quantitative estimate of drug-likeness (QED) is 0.271. The highest BCUT2D eigenvalue weighted by Gasteiger charge is 2.52. The molecule has 0 bridgehead atoms. The standard InChI is InChI=1S/C31H32ClN3O2S/c32-24-14-12-22(13-15-24)16-18-35-29(36)27-20-28-26(17-19-38-28)34(27)21-31(35,23-8-4-3-5-9-23)30(37)33-25-10-6-1-2-7-11-25/h3-5,8-9,12-15,17,19-20,25H,1-2,6-7,10-11,16,18,21H2,(H,33,37)/t31-/m1/s1. The number of carbonyl (C=O) groups excluding carboxylic acids is 2. The van der Waals surface area contributed by atoms with Gasteiger partial charge in [-0.1, -0.05) is 79.7 Å². The predicted octanol–water partition coefficient (Wildman–Crippen LogP) is 6.79. The van der Waals surface area contributed by atoms with Crippen molar-refractivity contribution in [2.75, 3.05) is 6.54 Å². The fourth-order valence-electron chi connectivity index (χ4n) is 6.15. The number of hydrogen-bond acceptors (Lipinski definition) is 3. The Morgan fingerprint density at radius 1 is 1.00 bits per heavy atom. The second-order valence-electron chi connectivity index (χ2n) is 10.5. The van der Waals surface area contributed by atoms with Gasteiger partial charge in [-0.15, -0.1) is 11.3 Å². The van der Waals surface area contributed by atoms with Gasteiger partial charge in [0.1, 0.15) is 5.69 Å². The first-order valence-electron chi connectivity index (χ1n) is 13.6. The van der Waals surface area contributed by atoms with Crippen molar-refractivity contribution in [1.82, 2.24) is 14.8 Å². The van der Waals surface area contributed by atoms with E-state index in [-0.39, 0.29) is 17.9 Å². The Morgan fingerprint density at radius 3 is 2.47 bits per heavy atom. The van der Waals surface area contributed by atoms with Gasteiger partial charge >= 0.3 is 0 Å². The van der Waals surface area contributed by atoms with Crippen LogP contribution in [0.2, 0.25) is 5.02 Å². The molecule has 1 atom stereocenters. The molecule has 2 amide bonds. The molecule has 1 aliphatic heterocycles. The van der Waals surface area contributed by atoms with Crippen molar-refractivity contribution in [3.8, 4) is 0 Å². The van der Waals surface area contributed by atoms with E-state index in [9.17, 15) is 9.59 Å². The van der Waals surface area contributed by atoms with Gasteiger partial charge < -0.3 is 14.8 Å². The normalized spacial score (nSPS) is 20.3. The largest absolute Gasteiger partial charge is 0.351 e. The average Bonchev–Trinajstić information content (AvgIpc) is 3.43. The predicted molar refractivity (Wildman–Crippen MR) is 154 cm³/mol. The number of rotatable bonds is 6. The summed E-state index contributed by atoms with van der Waals surface area (Å²) >= 11 is 7.75. The van der Waals surface area contributed by atoms with E-state index < -0.39 is 5.54 Å².